The first kappa shape index (κ1) is 31.4. The third kappa shape index (κ3) is 269. The fourth-order valence-corrected chi connectivity index (χ4v) is 0.322. The van der Waals surface area contributed by atoms with E-state index in [1.54, 1.807) is 12.2 Å². The molecule has 0 unspecified atom stereocenters. The molecule has 0 aromatic heterocycles. The Kier molecular flexibility index (Phi) is 101. The number of hydrogen-bond donors (Lipinski definition) is 2. The molecule has 0 rings (SSSR count). The van der Waals surface area contributed by atoms with Crippen molar-refractivity contribution in [2.24, 2.45) is 0 Å². The summed E-state index contributed by atoms with van der Waals surface area (Å²) < 4.78 is 4.83. The molecule has 0 aliphatic carbocycles. The van der Waals surface area contributed by atoms with Crippen molar-refractivity contribution in [1.29, 1.82) is 0 Å². The average molecular weight is 292 g/mol. The zero-order valence-corrected chi connectivity index (χ0v) is 14.1. The van der Waals surface area contributed by atoms with Gasteiger partial charge >= 0.3 is 0 Å². The molecule has 0 aliphatic rings. The van der Waals surface area contributed by atoms with Crippen LogP contribution in [0, 0.1) is 0 Å². The number of allylic oxidation sites excluding steroid dienone is 2. The van der Waals surface area contributed by atoms with Crippen LogP contribution in [0.3, 0.4) is 0 Å². The third-order valence-electron chi connectivity index (χ3n) is 0.915. The lowest BCUT2D eigenvalue weighted by Crippen LogP contribution is -1.85. The second kappa shape index (κ2) is 64.1. The minimum absolute atomic E-state index is 0.125. The van der Waals surface area contributed by atoms with Gasteiger partial charge in [-0.1, -0.05) is 19.1 Å². The smallest absolute Gasteiger partial charge is 0.119 e. The molecule has 0 aliphatic heterocycles. The number of aldehydes is 1. The van der Waals surface area contributed by atoms with E-state index in [0.29, 0.717) is 6.42 Å². The Morgan fingerprint density at radius 3 is 1.25 bits per heavy atom. The van der Waals surface area contributed by atoms with Crippen LogP contribution in [-0.2, 0) is 9.53 Å². The fourth-order valence-electron chi connectivity index (χ4n) is 0.322. The van der Waals surface area contributed by atoms with Gasteiger partial charge in [-0.25, -0.2) is 0 Å². The maximum Gasteiger partial charge on any atom is 0.119 e. The zero-order valence-electron chi connectivity index (χ0n) is 14.1. The molecule has 0 bridgehead atoms. The Hall–Kier alpha value is -0.970. The van der Waals surface area contributed by atoms with E-state index in [9.17, 15) is 4.79 Å². The van der Waals surface area contributed by atoms with Gasteiger partial charge in [0, 0.05) is 19.6 Å². The van der Waals surface area contributed by atoms with E-state index < -0.39 is 0 Å². The second-order valence-electron chi connectivity index (χ2n) is 3.00. The van der Waals surface area contributed by atoms with Gasteiger partial charge in [0.1, 0.15) is 6.29 Å². The maximum absolute atomic E-state index is 9.40. The first-order chi connectivity index (χ1) is 9.57. The summed E-state index contributed by atoms with van der Waals surface area (Å²) in [4.78, 5) is 9.40. The third-order valence-corrected chi connectivity index (χ3v) is 0.915. The number of aliphatic hydroxyl groups is 2. The van der Waals surface area contributed by atoms with Gasteiger partial charge in [-0.05, 0) is 34.1 Å². The van der Waals surface area contributed by atoms with Crippen molar-refractivity contribution >= 4 is 6.29 Å². The Balaban J connectivity index is -0.0000000478. The molecule has 0 amide bonds. The zero-order chi connectivity index (χ0) is 17.1. The monoisotopic (exact) mass is 292 g/mol. The summed E-state index contributed by atoms with van der Waals surface area (Å²) in [5.41, 5.74) is 0. The average Bonchev–Trinajstić information content (AvgIpc) is 2.43. The Morgan fingerprint density at radius 2 is 1.25 bits per heavy atom. The Labute approximate surface area is 126 Å². The molecule has 4 heteroatoms. The van der Waals surface area contributed by atoms with Crippen LogP contribution in [0.5, 0.6) is 0 Å². The molecule has 0 saturated heterocycles. The van der Waals surface area contributed by atoms with Crippen LogP contribution in [0.4, 0.5) is 0 Å². The standard InChI is InChI=1S/C4H10O.C4H8O.2C3H6.C2H6O2/c1-3-5-4-2;1-2-3-4-5;2*1-3-2;3-1-2-4/h3-4H2,1-2H3;4H,2-3H2,1H3;2*3H,1H2,2H3;3-4H,1-2H2. The van der Waals surface area contributed by atoms with E-state index >= 15 is 0 Å². The van der Waals surface area contributed by atoms with Crippen LogP contribution in [0.25, 0.3) is 0 Å². The van der Waals surface area contributed by atoms with E-state index in [-0.39, 0.29) is 13.2 Å². The molecule has 0 atom stereocenters. The minimum Gasteiger partial charge on any atom is -0.394 e. The lowest BCUT2D eigenvalue weighted by Gasteiger charge is -1.86. The van der Waals surface area contributed by atoms with E-state index in [1.165, 1.54) is 0 Å². The van der Waals surface area contributed by atoms with Gasteiger partial charge in [0.05, 0.1) is 13.2 Å². The number of aliphatic hydroxyl groups excluding tert-OH is 2. The lowest BCUT2D eigenvalue weighted by molar-refractivity contribution is -0.107. The summed E-state index contributed by atoms with van der Waals surface area (Å²) in [6.45, 7) is 17.9. The van der Waals surface area contributed by atoms with E-state index in [2.05, 4.69) is 13.2 Å². The number of unbranched alkanes of at least 4 members (excludes halogenated alkanes) is 1. The molecule has 0 fully saturated rings. The molecule has 4 nitrogen and oxygen atoms in total. The highest BCUT2D eigenvalue weighted by molar-refractivity contribution is 5.48. The first-order valence-electron chi connectivity index (χ1n) is 6.95. The Morgan fingerprint density at radius 1 is 0.950 bits per heavy atom. The van der Waals surface area contributed by atoms with Crippen LogP contribution >= 0.6 is 0 Å². The molecule has 0 saturated carbocycles. The molecular weight excluding hydrogens is 256 g/mol. The molecule has 0 spiro atoms. The lowest BCUT2D eigenvalue weighted by atomic mass is 10.4. The Bertz CT molecular complexity index is 126. The van der Waals surface area contributed by atoms with Crippen molar-refractivity contribution in [2.75, 3.05) is 26.4 Å². The van der Waals surface area contributed by atoms with Gasteiger partial charge in [-0.3, -0.25) is 0 Å². The first-order valence-corrected chi connectivity index (χ1v) is 6.95. The summed E-state index contributed by atoms with van der Waals surface area (Å²) in [6.07, 6.45) is 6.11. The molecule has 2 N–H and O–H groups in total. The molecule has 0 heterocycles. The second-order valence-corrected chi connectivity index (χ2v) is 3.00. The number of carbonyl (C=O) groups excluding carboxylic acids is 1. The van der Waals surface area contributed by atoms with E-state index in [1.807, 2.05) is 34.6 Å². The van der Waals surface area contributed by atoms with Crippen LogP contribution in [0.1, 0.15) is 47.5 Å². The normalized spacial score (nSPS) is 6.75. The SMILES string of the molecule is C=CC.C=CC.CCCC=O.CCOCC.OCCO. The predicted octanol–water partition coefficient (Wildman–Crippen LogP) is 3.38. The van der Waals surface area contributed by atoms with Crippen molar-refractivity contribution in [3.8, 4) is 0 Å². The quantitative estimate of drug-likeness (QED) is 0.602. The fraction of sp³-hybridized carbons (Fsp3) is 0.688. The molecular formula is C16H36O4. The highest BCUT2D eigenvalue weighted by atomic mass is 16.5. The molecule has 0 aromatic rings. The summed E-state index contributed by atoms with van der Waals surface area (Å²) >= 11 is 0. The number of ether oxygens (including phenoxy) is 1. The van der Waals surface area contributed by atoms with Crippen LogP contribution in [0.2, 0.25) is 0 Å². The van der Waals surface area contributed by atoms with Crippen molar-refractivity contribution in [1.82, 2.24) is 0 Å². The summed E-state index contributed by atoms with van der Waals surface area (Å²) in [5, 5.41) is 15.2. The molecule has 0 aromatic carbocycles. The minimum atomic E-state index is -0.125. The summed E-state index contributed by atoms with van der Waals surface area (Å²) in [6, 6.07) is 0. The van der Waals surface area contributed by atoms with Crippen LogP contribution < -0.4 is 0 Å². The van der Waals surface area contributed by atoms with Gasteiger partial charge in [0.25, 0.3) is 0 Å². The summed E-state index contributed by atoms with van der Waals surface area (Å²) in [7, 11) is 0. The van der Waals surface area contributed by atoms with Crippen LogP contribution in [-0.4, -0.2) is 42.9 Å². The molecule has 124 valence electrons. The van der Waals surface area contributed by atoms with E-state index in [4.69, 9.17) is 14.9 Å². The van der Waals surface area contributed by atoms with Crippen LogP contribution in [0.15, 0.2) is 25.3 Å². The van der Waals surface area contributed by atoms with Crippen molar-refractivity contribution < 1.29 is 19.7 Å². The van der Waals surface area contributed by atoms with Gasteiger partial charge in [-0.2, -0.15) is 0 Å². The number of hydrogen-bond acceptors (Lipinski definition) is 4. The van der Waals surface area contributed by atoms with Gasteiger partial charge in [0.15, 0.2) is 0 Å². The van der Waals surface area contributed by atoms with Gasteiger partial charge in [0.2, 0.25) is 0 Å². The van der Waals surface area contributed by atoms with Crippen molar-refractivity contribution in [3.63, 3.8) is 0 Å². The van der Waals surface area contributed by atoms with Gasteiger partial charge in [-0.15, -0.1) is 13.2 Å². The van der Waals surface area contributed by atoms with E-state index in [0.717, 1.165) is 25.9 Å². The largest absolute Gasteiger partial charge is 0.394 e. The predicted molar refractivity (Wildman–Crippen MR) is 89.1 cm³/mol. The topological polar surface area (TPSA) is 66.8 Å². The summed E-state index contributed by atoms with van der Waals surface area (Å²) in [5.74, 6) is 0. The highest BCUT2D eigenvalue weighted by Crippen LogP contribution is 1.74. The van der Waals surface area contributed by atoms with Crippen molar-refractivity contribution in [2.45, 2.75) is 47.5 Å². The highest BCUT2D eigenvalue weighted by Gasteiger charge is 1.66. The molecule has 0 radical (unpaired) electrons. The maximum atomic E-state index is 9.40. The van der Waals surface area contributed by atoms with Crippen molar-refractivity contribution in [3.05, 3.63) is 25.3 Å². The molecule has 20 heavy (non-hydrogen) atoms. The number of carbonyl (C=O) groups is 1. The number of rotatable bonds is 5. The van der Waals surface area contributed by atoms with Gasteiger partial charge < -0.3 is 19.7 Å².